The normalized spacial score (nSPS) is 25.4. The highest BCUT2D eigenvalue weighted by Gasteiger charge is 2.75. The van der Waals surface area contributed by atoms with E-state index in [0.717, 1.165) is 5.56 Å². The van der Waals surface area contributed by atoms with Crippen LogP contribution < -0.4 is 10.6 Å². The van der Waals surface area contributed by atoms with Crippen LogP contribution in [0.25, 0.3) is 11.2 Å². The summed E-state index contributed by atoms with van der Waals surface area (Å²) < 4.78 is 1.71. The van der Waals surface area contributed by atoms with Gasteiger partial charge in [-0.05, 0) is 24.5 Å². The van der Waals surface area contributed by atoms with Crippen molar-refractivity contribution in [3.8, 4) is 11.8 Å². The van der Waals surface area contributed by atoms with Crippen molar-refractivity contribution in [1.82, 2.24) is 24.8 Å². The average Bonchev–Trinajstić information content (AvgIpc) is 3.43. The number of fused-ring (bicyclic) bond motifs is 2. The zero-order valence-electron chi connectivity index (χ0n) is 20.6. The van der Waals surface area contributed by atoms with Crippen molar-refractivity contribution in [2.75, 3.05) is 12.4 Å². The van der Waals surface area contributed by atoms with Crippen molar-refractivity contribution in [1.29, 1.82) is 0 Å². The van der Waals surface area contributed by atoms with Gasteiger partial charge in [0.2, 0.25) is 5.91 Å². The molecule has 3 aromatic rings. The van der Waals surface area contributed by atoms with Crippen LogP contribution in [0.3, 0.4) is 0 Å². The first kappa shape index (κ1) is 25.9. The highest BCUT2D eigenvalue weighted by molar-refractivity contribution is 6.31. The van der Waals surface area contributed by atoms with Crippen LogP contribution in [-0.4, -0.2) is 66.0 Å². The predicted molar refractivity (Wildman–Crippen MR) is 138 cm³/mol. The summed E-state index contributed by atoms with van der Waals surface area (Å²) in [7, 11) is 1.52. The number of rotatable bonds is 8. The van der Waals surface area contributed by atoms with Gasteiger partial charge in [0.05, 0.1) is 28.9 Å². The molecular weight excluding hydrogens is 512 g/mol. The molecule has 2 fully saturated rings. The summed E-state index contributed by atoms with van der Waals surface area (Å²) in [6.07, 6.45) is 2.06. The summed E-state index contributed by atoms with van der Waals surface area (Å²) in [6.45, 7) is 0.339. The van der Waals surface area contributed by atoms with E-state index in [-0.39, 0.29) is 18.2 Å². The number of aromatic nitrogens is 4. The SMILES string of the molecule is CNC(=O)[C@@]12C[C@@H]1[C@@H](n1cnc3c(NCc4cccc(Cl)c4C#CCCCC(=O)O)ncnc31)[C@H](O)[C@@H]2O. The summed E-state index contributed by atoms with van der Waals surface area (Å²) in [4.78, 5) is 36.4. The molecular formula is C26H27ClN6O5. The number of aliphatic hydroxyl groups is 2. The predicted octanol–water partition coefficient (Wildman–Crippen LogP) is 1.73. The number of carboxylic acids is 1. The van der Waals surface area contributed by atoms with Gasteiger partial charge in [0.15, 0.2) is 11.5 Å². The number of halogens is 1. The molecule has 12 heteroatoms. The van der Waals surface area contributed by atoms with Crippen LogP contribution in [0.1, 0.15) is 42.9 Å². The van der Waals surface area contributed by atoms with E-state index >= 15 is 0 Å². The van der Waals surface area contributed by atoms with E-state index < -0.39 is 29.6 Å². The Labute approximate surface area is 223 Å². The van der Waals surface area contributed by atoms with Crippen LogP contribution in [0.15, 0.2) is 30.9 Å². The van der Waals surface area contributed by atoms with Crippen molar-refractivity contribution in [2.45, 2.75) is 50.5 Å². The third-order valence-corrected chi connectivity index (χ3v) is 7.77. The Morgan fingerprint density at radius 2 is 2.08 bits per heavy atom. The number of anilines is 1. The largest absolute Gasteiger partial charge is 0.481 e. The molecule has 2 heterocycles. The topological polar surface area (TPSA) is 162 Å². The Hall–Kier alpha value is -3.72. The molecule has 1 amide bonds. The molecule has 38 heavy (non-hydrogen) atoms. The van der Waals surface area contributed by atoms with E-state index in [2.05, 4.69) is 37.4 Å². The number of carbonyl (C=O) groups is 2. The monoisotopic (exact) mass is 538 g/mol. The van der Waals surface area contributed by atoms with Gasteiger partial charge < -0.3 is 30.5 Å². The molecule has 2 saturated carbocycles. The fourth-order valence-electron chi connectivity index (χ4n) is 5.50. The standard InChI is InChI=1S/C26H27ClN6O5/c1-28-25(38)26-10-16(26)20(21(36)22(26)37)33-13-32-19-23(30-12-31-24(19)33)29-11-14-6-5-8-17(27)15(14)7-3-2-4-9-18(34)35/h5-6,8,12-13,16,20-22,36-37H,2,4,9-11H2,1H3,(H,28,38)(H,34,35)(H,29,30,31)/t16-,20-,21+,22+,26+/m1/s1. The van der Waals surface area contributed by atoms with Crippen LogP contribution in [0.5, 0.6) is 0 Å². The third-order valence-electron chi connectivity index (χ3n) is 7.45. The van der Waals surface area contributed by atoms with Crippen LogP contribution in [0.4, 0.5) is 5.82 Å². The van der Waals surface area contributed by atoms with E-state index in [1.54, 1.807) is 17.0 Å². The lowest BCUT2D eigenvalue weighted by molar-refractivity contribution is -0.137. The van der Waals surface area contributed by atoms with Gasteiger partial charge >= 0.3 is 5.97 Å². The fourth-order valence-corrected chi connectivity index (χ4v) is 5.74. The minimum Gasteiger partial charge on any atom is -0.481 e. The summed E-state index contributed by atoms with van der Waals surface area (Å²) in [6, 6.07) is 4.90. The van der Waals surface area contributed by atoms with Crippen molar-refractivity contribution in [3.05, 3.63) is 47.0 Å². The number of carboxylic acid groups (broad SMARTS) is 1. The number of aliphatic carboxylic acids is 1. The number of aliphatic hydroxyl groups excluding tert-OH is 2. The summed E-state index contributed by atoms with van der Waals surface area (Å²) >= 11 is 6.39. The van der Waals surface area contributed by atoms with E-state index in [4.69, 9.17) is 16.7 Å². The Morgan fingerprint density at radius 1 is 1.26 bits per heavy atom. The smallest absolute Gasteiger partial charge is 0.303 e. The molecule has 0 aliphatic heterocycles. The van der Waals surface area contributed by atoms with Crippen LogP contribution >= 0.6 is 11.6 Å². The lowest BCUT2D eigenvalue weighted by Crippen LogP contribution is -2.41. The maximum atomic E-state index is 12.5. The van der Waals surface area contributed by atoms with Gasteiger partial charge in [-0.1, -0.05) is 35.6 Å². The second kappa shape index (κ2) is 10.2. The van der Waals surface area contributed by atoms with E-state index in [1.165, 1.54) is 13.4 Å². The maximum absolute atomic E-state index is 12.5. The molecule has 1 aromatic carbocycles. The summed E-state index contributed by atoms with van der Waals surface area (Å²) in [5.41, 5.74) is 1.44. The minimum atomic E-state index is -1.18. The second-order valence-corrected chi connectivity index (χ2v) is 9.99. The van der Waals surface area contributed by atoms with E-state index in [1.807, 2.05) is 12.1 Å². The third kappa shape index (κ3) is 4.34. The highest BCUT2D eigenvalue weighted by Crippen LogP contribution is 2.67. The van der Waals surface area contributed by atoms with Crippen LogP contribution in [0.2, 0.25) is 5.02 Å². The van der Waals surface area contributed by atoms with Gasteiger partial charge in [0, 0.05) is 37.9 Å². The molecule has 5 atom stereocenters. The lowest BCUT2D eigenvalue weighted by atomic mass is 9.98. The number of amides is 1. The number of benzene rings is 1. The van der Waals surface area contributed by atoms with Gasteiger partial charge in [0.1, 0.15) is 17.9 Å². The molecule has 0 bridgehead atoms. The Balaban J connectivity index is 1.36. The first-order valence-electron chi connectivity index (χ1n) is 12.3. The average molecular weight is 539 g/mol. The molecule has 11 nitrogen and oxygen atoms in total. The molecule has 198 valence electrons. The Bertz CT molecular complexity index is 1470. The first-order valence-corrected chi connectivity index (χ1v) is 12.6. The van der Waals surface area contributed by atoms with Crippen LogP contribution in [-0.2, 0) is 16.1 Å². The van der Waals surface area contributed by atoms with Gasteiger partial charge in [-0.15, -0.1) is 0 Å². The highest BCUT2D eigenvalue weighted by atomic mass is 35.5. The van der Waals surface area contributed by atoms with Gasteiger partial charge in [-0.3, -0.25) is 9.59 Å². The molecule has 0 unspecified atom stereocenters. The molecule has 0 spiro atoms. The molecule has 0 saturated heterocycles. The number of nitrogens with zero attached hydrogens (tertiary/aromatic N) is 4. The number of unbranched alkanes of at least 4 members (excludes halogenated alkanes) is 1. The zero-order chi connectivity index (χ0) is 27.0. The number of hydrogen-bond donors (Lipinski definition) is 5. The summed E-state index contributed by atoms with van der Waals surface area (Å²) in [5.74, 6) is 5.15. The number of imidazole rings is 1. The van der Waals surface area contributed by atoms with Crippen molar-refractivity contribution >= 4 is 40.5 Å². The lowest BCUT2D eigenvalue weighted by Gasteiger charge is -2.23. The molecule has 5 rings (SSSR count). The van der Waals surface area contributed by atoms with Crippen molar-refractivity contribution < 1.29 is 24.9 Å². The van der Waals surface area contributed by atoms with E-state index in [0.29, 0.717) is 53.4 Å². The van der Waals surface area contributed by atoms with Crippen molar-refractivity contribution in [2.24, 2.45) is 11.3 Å². The number of carbonyl (C=O) groups excluding carboxylic acids is 1. The van der Waals surface area contributed by atoms with Crippen molar-refractivity contribution in [3.63, 3.8) is 0 Å². The van der Waals surface area contributed by atoms with Crippen LogP contribution in [0, 0.1) is 23.2 Å². The minimum absolute atomic E-state index is 0.0619. The van der Waals surface area contributed by atoms with Gasteiger partial charge in [-0.2, -0.15) is 0 Å². The van der Waals surface area contributed by atoms with Gasteiger partial charge in [-0.25, -0.2) is 15.0 Å². The number of hydrogen-bond acceptors (Lipinski definition) is 8. The molecule has 2 aliphatic rings. The Kier molecular flexibility index (Phi) is 6.96. The fraction of sp³-hybridized carbons (Fsp3) is 0.423. The molecule has 2 aromatic heterocycles. The molecule has 5 N–H and O–H groups in total. The summed E-state index contributed by atoms with van der Waals surface area (Å²) in [5, 5.41) is 36.6. The number of nitrogens with one attached hydrogen (secondary N) is 2. The quantitative estimate of drug-likeness (QED) is 0.212. The van der Waals surface area contributed by atoms with Gasteiger partial charge in [0.25, 0.3) is 0 Å². The molecule has 2 aliphatic carbocycles. The first-order chi connectivity index (χ1) is 18.3. The second-order valence-electron chi connectivity index (χ2n) is 9.58. The zero-order valence-corrected chi connectivity index (χ0v) is 21.3. The van der Waals surface area contributed by atoms with E-state index in [9.17, 15) is 19.8 Å². The Morgan fingerprint density at radius 3 is 2.84 bits per heavy atom. The molecule has 0 radical (unpaired) electrons. The maximum Gasteiger partial charge on any atom is 0.303 e.